The molecule has 1 fully saturated rings. The van der Waals surface area contributed by atoms with Crippen LogP contribution in [0.2, 0.25) is 0 Å². The Kier molecular flexibility index (Phi) is 4.06. The van der Waals surface area contributed by atoms with Crippen LogP contribution in [0.1, 0.15) is 0 Å². The summed E-state index contributed by atoms with van der Waals surface area (Å²) in [6.07, 6.45) is 0. The molecular formula is C17H21N3O. The molecule has 1 aliphatic heterocycles. The number of pyridine rings is 1. The van der Waals surface area contributed by atoms with Gasteiger partial charge in [-0.05, 0) is 31.3 Å². The minimum Gasteiger partial charge on any atom is -0.497 e. The summed E-state index contributed by atoms with van der Waals surface area (Å²) in [6, 6.07) is 14.3. The van der Waals surface area contributed by atoms with Crippen LogP contribution in [0.25, 0.3) is 11.3 Å². The highest BCUT2D eigenvalue weighted by molar-refractivity contribution is 5.63. The summed E-state index contributed by atoms with van der Waals surface area (Å²) in [5.74, 6) is 1.92. The summed E-state index contributed by atoms with van der Waals surface area (Å²) in [5, 5.41) is 0. The van der Waals surface area contributed by atoms with E-state index in [2.05, 4.69) is 35.0 Å². The van der Waals surface area contributed by atoms with Crippen LogP contribution in [-0.4, -0.2) is 50.2 Å². The molecule has 0 N–H and O–H groups in total. The maximum Gasteiger partial charge on any atom is 0.129 e. The van der Waals surface area contributed by atoms with Gasteiger partial charge in [-0.15, -0.1) is 0 Å². The van der Waals surface area contributed by atoms with Gasteiger partial charge >= 0.3 is 0 Å². The van der Waals surface area contributed by atoms with Crippen molar-refractivity contribution in [3.05, 3.63) is 42.5 Å². The van der Waals surface area contributed by atoms with E-state index in [4.69, 9.17) is 9.72 Å². The Morgan fingerprint density at radius 3 is 2.52 bits per heavy atom. The predicted octanol–water partition coefficient (Wildman–Crippen LogP) is 2.51. The topological polar surface area (TPSA) is 28.6 Å². The Hall–Kier alpha value is -2.07. The number of nitrogens with zero attached hydrogens (tertiary/aromatic N) is 3. The first-order chi connectivity index (χ1) is 10.3. The molecule has 0 radical (unpaired) electrons. The monoisotopic (exact) mass is 283 g/mol. The van der Waals surface area contributed by atoms with Crippen molar-refractivity contribution < 1.29 is 4.74 Å². The van der Waals surface area contributed by atoms with Crippen LogP contribution in [-0.2, 0) is 0 Å². The average Bonchev–Trinajstić information content (AvgIpc) is 2.56. The maximum absolute atomic E-state index is 5.29. The second kappa shape index (κ2) is 6.14. The van der Waals surface area contributed by atoms with Crippen LogP contribution in [0.3, 0.4) is 0 Å². The van der Waals surface area contributed by atoms with Crippen LogP contribution in [0, 0.1) is 0 Å². The number of benzene rings is 1. The number of hydrogen-bond donors (Lipinski definition) is 0. The van der Waals surface area contributed by atoms with Gasteiger partial charge in [0, 0.05) is 31.7 Å². The zero-order valence-corrected chi connectivity index (χ0v) is 12.6. The molecule has 3 rings (SSSR count). The van der Waals surface area contributed by atoms with E-state index in [0.29, 0.717) is 0 Å². The fourth-order valence-electron chi connectivity index (χ4n) is 2.58. The van der Waals surface area contributed by atoms with Crippen molar-refractivity contribution in [1.29, 1.82) is 0 Å². The van der Waals surface area contributed by atoms with Crippen molar-refractivity contribution in [3.63, 3.8) is 0 Å². The summed E-state index contributed by atoms with van der Waals surface area (Å²) < 4.78 is 5.29. The second-order valence-electron chi connectivity index (χ2n) is 5.40. The first-order valence-electron chi connectivity index (χ1n) is 7.31. The molecule has 4 nitrogen and oxygen atoms in total. The quantitative estimate of drug-likeness (QED) is 0.865. The fraction of sp³-hybridized carbons (Fsp3) is 0.353. The number of hydrogen-bond acceptors (Lipinski definition) is 4. The minimum absolute atomic E-state index is 0.860. The van der Waals surface area contributed by atoms with Crippen molar-refractivity contribution >= 4 is 5.82 Å². The maximum atomic E-state index is 5.29. The van der Waals surface area contributed by atoms with Crippen LogP contribution >= 0.6 is 0 Å². The van der Waals surface area contributed by atoms with Gasteiger partial charge < -0.3 is 14.5 Å². The third kappa shape index (κ3) is 3.16. The Morgan fingerprint density at radius 2 is 1.76 bits per heavy atom. The van der Waals surface area contributed by atoms with E-state index in [1.807, 2.05) is 24.3 Å². The molecule has 1 aromatic heterocycles. The molecule has 1 saturated heterocycles. The third-order valence-corrected chi connectivity index (χ3v) is 3.93. The molecule has 0 spiro atoms. The Labute approximate surface area is 126 Å². The SMILES string of the molecule is COc1cccc(-c2cccc(N3CCN(C)CC3)n2)c1. The van der Waals surface area contributed by atoms with Gasteiger partial charge in [0.25, 0.3) is 0 Å². The standard InChI is InChI=1S/C17H21N3O/c1-19-9-11-20(12-10-19)17-8-4-7-16(18-17)14-5-3-6-15(13-14)21-2/h3-8,13H,9-12H2,1-2H3. The van der Waals surface area contributed by atoms with Crippen molar-refractivity contribution in [2.45, 2.75) is 0 Å². The lowest BCUT2D eigenvalue weighted by Gasteiger charge is -2.33. The summed E-state index contributed by atoms with van der Waals surface area (Å²) in [6.45, 7) is 4.24. The van der Waals surface area contributed by atoms with Gasteiger partial charge in [0.15, 0.2) is 0 Å². The zero-order chi connectivity index (χ0) is 14.7. The number of ether oxygens (including phenoxy) is 1. The van der Waals surface area contributed by atoms with Crippen LogP contribution in [0.4, 0.5) is 5.82 Å². The van der Waals surface area contributed by atoms with Crippen LogP contribution < -0.4 is 9.64 Å². The lowest BCUT2D eigenvalue weighted by Crippen LogP contribution is -2.44. The fourth-order valence-corrected chi connectivity index (χ4v) is 2.58. The molecule has 21 heavy (non-hydrogen) atoms. The minimum atomic E-state index is 0.860. The van der Waals surface area contributed by atoms with E-state index in [1.165, 1.54) is 0 Å². The predicted molar refractivity (Wildman–Crippen MR) is 85.9 cm³/mol. The second-order valence-corrected chi connectivity index (χ2v) is 5.40. The molecule has 0 bridgehead atoms. The molecule has 4 heteroatoms. The summed E-state index contributed by atoms with van der Waals surface area (Å²) >= 11 is 0. The average molecular weight is 283 g/mol. The number of piperazine rings is 1. The molecule has 2 aromatic rings. The van der Waals surface area contributed by atoms with Crippen LogP contribution in [0.15, 0.2) is 42.5 Å². The highest BCUT2D eigenvalue weighted by Crippen LogP contribution is 2.24. The number of likely N-dealkylation sites (N-methyl/N-ethyl adjacent to an activating group) is 1. The molecule has 2 heterocycles. The van der Waals surface area contributed by atoms with Crippen molar-refractivity contribution in [3.8, 4) is 17.0 Å². The van der Waals surface area contributed by atoms with E-state index >= 15 is 0 Å². The first-order valence-corrected chi connectivity index (χ1v) is 7.31. The molecule has 0 unspecified atom stereocenters. The van der Waals surface area contributed by atoms with E-state index in [-0.39, 0.29) is 0 Å². The Morgan fingerprint density at radius 1 is 1.00 bits per heavy atom. The lowest BCUT2D eigenvalue weighted by molar-refractivity contribution is 0.312. The van der Waals surface area contributed by atoms with Gasteiger partial charge in [0.05, 0.1) is 12.8 Å². The van der Waals surface area contributed by atoms with Gasteiger partial charge in [-0.1, -0.05) is 18.2 Å². The Bertz CT molecular complexity index is 606. The smallest absolute Gasteiger partial charge is 0.129 e. The zero-order valence-electron chi connectivity index (χ0n) is 12.6. The van der Waals surface area contributed by atoms with Gasteiger partial charge in [-0.3, -0.25) is 0 Å². The number of anilines is 1. The molecule has 0 amide bonds. The largest absolute Gasteiger partial charge is 0.497 e. The molecule has 1 aromatic carbocycles. The normalized spacial score (nSPS) is 16.0. The molecule has 1 aliphatic rings. The van der Waals surface area contributed by atoms with Crippen molar-refractivity contribution in [1.82, 2.24) is 9.88 Å². The molecule has 0 saturated carbocycles. The van der Waals surface area contributed by atoms with Gasteiger partial charge in [0.2, 0.25) is 0 Å². The summed E-state index contributed by atoms with van der Waals surface area (Å²) in [5.41, 5.74) is 2.08. The first kappa shape index (κ1) is 13.9. The number of aromatic nitrogens is 1. The molecule has 0 atom stereocenters. The van der Waals surface area contributed by atoms with Crippen LogP contribution in [0.5, 0.6) is 5.75 Å². The molecule has 110 valence electrons. The van der Waals surface area contributed by atoms with Gasteiger partial charge in [-0.25, -0.2) is 4.98 Å². The molecular weight excluding hydrogens is 262 g/mol. The summed E-state index contributed by atoms with van der Waals surface area (Å²) in [7, 11) is 3.85. The summed E-state index contributed by atoms with van der Waals surface area (Å²) in [4.78, 5) is 9.52. The van der Waals surface area contributed by atoms with Crippen molar-refractivity contribution in [2.75, 3.05) is 45.2 Å². The lowest BCUT2D eigenvalue weighted by atomic mass is 10.1. The van der Waals surface area contributed by atoms with E-state index in [1.54, 1.807) is 7.11 Å². The number of methoxy groups -OCH3 is 1. The van der Waals surface area contributed by atoms with E-state index < -0.39 is 0 Å². The highest BCUT2D eigenvalue weighted by atomic mass is 16.5. The number of rotatable bonds is 3. The third-order valence-electron chi connectivity index (χ3n) is 3.93. The highest BCUT2D eigenvalue weighted by Gasteiger charge is 2.15. The van der Waals surface area contributed by atoms with Gasteiger partial charge in [-0.2, -0.15) is 0 Å². The van der Waals surface area contributed by atoms with E-state index in [9.17, 15) is 0 Å². The van der Waals surface area contributed by atoms with E-state index in [0.717, 1.165) is 49.0 Å². The Balaban J connectivity index is 1.85. The van der Waals surface area contributed by atoms with Crippen molar-refractivity contribution in [2.24, 2.45) is 0 Å². The molecule has 0 aliphatic carbocycles. The van der Waals surface area contributed by atoms with Gasteiger partial charge in [0.1, 0.15) is 11.6 Å².